The molecule has 0 aliphatic carbocycles. The summed E-state index contributed by atoms with van der Waals surface area (Å²) < 4.78 is 13.2. The molecule has 2 aromatic heterocycles. The molecule has 0 unspecified atom stereocenters. The van der Waals surface area contributed by atoms with E-state index >= 15 is 0 Å². The van der Waals surface area contributed by atoms with E-state index in [0.29, 0.717) is 13.2 Å². The van der Waals surface area contributed by atoms with Crippen LogP contribution < -0.4 is 10.2 Å². The predicted octanol–water partition coefficient (Wildman–Crippen LogP) is 1.71. The number of anilines is 2. The van der Waals surface area contributed by atoms with Crippen LogP contribution in [0.1, 0.15) is 17.7 Å². The first-order valence-electron chi connectivity index (χ1n) is 11.9. The van der Waals surface area contributed by atoms with Crippen molar-refractivity contribution in [3.8, 4) is 11.4 Å². The summed E-state index contributed by atoms with van der Waals surface area (Å²) in [6, 6.07) is 4.16. The lowest BCUT2D eigenvalue weighted by atomic mass is 10.1. The fourth-order valence-electron chi connectivity index (χ4n) is 4.47. The lowest BCUT2D eigenvalue weighted by molar-refractivity contribution is 0.0378. The molecule has 2 saturated heterocycles. The molecule has 178 valence electrons. The SMILES string of the molecule is SN1CCN(c2ccc(-c3nc4c(c(NCCCN5CCOCC5)n3)COCC4)cn2)CC1. The van der Waals surface area contributed by atoms with Gasteiger partial charge in [-0.3, -0.25) is 4.90 Å². The Labute approximate surface area is 201 Å². The Morgan fingerprint density at radius 3 is 2.61 bits per heavy atom. The molecular formula is C23H33N7O2S. The topological polar surface area (TPSA) is 78.9 Å². The fourth-order valence-corrected chi connectivity index (χ4v) is 4.65. The second-order valence-electron chi connectivity index (χ2n) is 8.70. The van der Waals surface area contributed by atoms with Gasteiger partial charge in [-0.1, -0.05) is 12.8 Å². The molecule has 2 aromatic rings. The highest BCUT2D eigenvalue weighted by Crippen LogP contribution is 2.27. The monoisotopic (exact) mass is 471 g/mol. The highest BCUT2D eigenvalue weighted by atomic mass is 32.1. The van der Waals surface area contributed by atoms with Crippen LogP contribution in [-0.2, 0) is 22.5 Å². The molecular weight excluding hydrogens is 438 g/mol. The van der Waals surface area contributed by atoms with Gasteiger partial charge in [-0.25, -0.2) is 19.3 Å². The molecule has 33 heavy (non-hydrogen) atoms. The Bertz CT molecular complexity index is 916. The van der Waals surface area contributed by atoms with Gasteiger partial charge in [-0.15, -0.1) is 0 Å². The van der Waals surface area contributed by atoms with Gasteiger partial charge < -0.3 is 19.7 Å². The Balaban J connectivity index is 1.27. The van der Waals surface area contributed by atoms with Gasteiger partial charge in [0.1, 0.15) is 11.6 Å². The van der Waals surface area contributed by atoms with Crippen LogP contribution >= 0.6 is 12.8 Å². The van der Waals surface area contributed by atoms with E-state index < -0.39 is 0 Å². The summed E-state index contributed by atoms with van der Waals surface area (Å²) in [6.45, 7) is 10.7. The number of aromatic nitrogens is 3. The first kappa shape index (κ1) is 22.8. The molecule has 0 radical (unpaired) electrons. The molecule has 9 nitrogen and oxygen atoms in total. The van der Waals surface area contributed by atoms with E-state index in [-0.39, 0.29) is 0 Å². The predicted molar refractivity (Wildman–Crippen MR) is 132 cm³/mol. The number of morpholine rings is 1. The fraction of sp³-hybridized carbons (Fsp3) is 0.609. The third-order valence-electron chi connectivity index (χ3n) is 6.46. The lowest BCUT2D eigenvalue weighted by Gasteiger charge is -2.32. The smallest absolute Gasteiger partial charge is 0.163 e. The molecule has 10 heteroatoms. The number of fused-ring (bicyclic) bond motifs is 1. The normalized spacial score (nSPS) is 20.0. The molecule has 3 aliphatic rings. The van der Waals surface area contributed by atoms with Gasteiger partial charge in [0.05, 0.1) is 32.1 Å². The summed E-state index contributed by atoms with van der Waals surface area (Å²) in [6.07, 6.45) is 3.77. The summed E-state index contributed by atoms with van der Waals surface area (Å²) in [7, 11) is 0. The van der Waals surface area contributed by atoms with Crippen LogP contribution in [0.15, 0.2) is 18.3 Å². The van der Waals surface area contributed by atoms with Crippen molar-refractivity contribution in [2.75, 3.05) is 82.4 Å². The van der Waals surface area contributed by atoms with Crippen LogP contribution in [0.4, 0.5) is 11.6 Å². The van der Waals surface area contributed by atoms with Crippen molar-refractivity contribution in [3.63, 3.8) is 0 Å². The highest BCUT2D eigenvalue weighted by Gasteiger charge is 2.20. The van der Waals surface area contributed by atoms with Crippen molar-refractivity contribution in [1.82, 2.24) is 24.2 Å². The molecule has 0 spiro atoms. The summed E-state index contributed by atoms with van der Waals surface area (Å²) in [5.74, 6) is 2.62. The Hall–Kier alpha value is -1.98. The third kappa shape index (κ3) is 5.75. The summed E-state index contributed by atoms with van der Waals surface area (Å²) >= 11 is 4.43. The van der Waals surface area contributed by atoms with E-state index in [9.17, 15) is 0 Å². The average Bonchev–Trinajstić information content (AvgIpc) is 2.87. The molecule has 2 fully saturated rings. The number of piperazine rings is 1. The second kappa shape index (κ2) is 11.0. The number of thiol groups is 1. The van der Waals surface area contributed by atoms with Gasteiger partial charge >= 0.3 is 0 Å². The van der Waals surface area contributed by atoms with Crippen molar-refractivity contribution >= 4 is 24.5 Å². The van der Waals surface area contributed by atoms with Crippen LogP contribution in [0.25, 0.3) is 11.4 Å². The van der Waals surface area contributed by atoms with E-state index in [1.165, 1.54) is 0 Å². The van der Waals surface area contributed by atoms with Crippen molar-refractivity contribution in [2.45, 2.75) is 19.4 Å². The lowest BCUT2D eigenvalue weighted by Crippen LogP contribution is -2.42. The largest absolute Gasteiger partial charge is 0.379 e. The summed E-state index contributed by atoms with van der Waals surface area (Å²) in [5.41, 5.74) is 3.11. The van der Waals surface area contributed by atoms with E-state index in [0.717, 1.165) is 113 Å². The van der Waals surface area contributed by atoms with Crippen LogP contribution in [-0.4, -0.2) is 96.3 Å². The Kier molecular flexibility index (Phi) is 7.57. The van der Waals surface area contributed by atoms with E-state index in [2.05, 4.69) is 40.1 Å². The molecule has 5 heterocycles. The van der Waals surface area contributed by atoms with Crippen LogP contribution in [0.2, 0.25) is 0 Å². The number of hydrogen-bond donors (Lipinski definition) is 2. The molecule has 0 bridgehead atoms. The van der Waals surface area contributed by atoms with Crippen molar-refractivity contribution in [3.05, 3.63) is 29.6 Å². The minimum atomic E-state index is 0.565. The maximum absolute atomic E-state index is 5.71. The van der Waals surface area contributed by atoms with E-state index in [1.807, 2.05) is 10.5 Å². The Morgan fingerprint density at radius 2 is 1.82 bits per heavy atom. The first-order chi connectivity index (χ1) is 16.3. The minimum absolute atomic E-state index is 0.565. The molecule has 3 aliphatic heterocycles. The van der Waals surface area contributed by atoms with Gasteiger partial charge in [-0.05, 0) is 25.1 Å². The number of hydrogen-bond acceptors (Lipinski definition) is 10. The van der Waals surface area contributed by atoms with Gasteiger partial charge in [-0.2, -0.15) is 0 Å². The highest BCUT2D eigenvalue weighted by molar-refractivity contribution is 7.77. The number of rotatable bonds is 7. The average molecular weight is 472 g/mol. The zero-order chi connectivity index (χ0) is 22.5. The minimum Gasteiger partial charge on any atom is -0.379 e. The van der Waals surface area contributed by atoms with E-state index in [4.69, 9.17) is 24.4 Å². The van der Waals surface area contributed by atoms with Crippen LogP contribution in [0.5, 0.6) is 0 Å². The standard InChI is InChI=1S/C23H33N7O2S/c33-30-9-7-29(8-10-30)21-3-2-18(16-25-21)22-26-20-4-13-32-17-19(20)23(27-22)24-5-1-6-28-11-14-31-15-12-28/h2-3,16,33H,1,4-15,17H2,(H,24,26,27). The Morgan fingerprint density at radius 1 is 0.970 bits per heavy atom. The van der Waals surface area contributed by atoms with Crippen molar-refractivity contribution < 1.29 is 9.47 Å². The molecule has 1 N–H and O–H groups in total. The maximum atomic E-state index is 5.71. The number of nitrogens with zero attached hydrogens (tertiary/aromatic N) is 6. The molecule has 0 atom stereocenters. The zero-order valence-corrected chi connectivity index (χ0v) is 20.0. The third-order valence-corrected chi connectivity index (χ3v) is 6.86. The number of nitrogens with one attached hydrogen (secondary N) is 1. The zero-order valence-electron chi connectivity index (χ0n) is 19.1. The second-order valence-corrected chi connectivity index (χ2v) is 9.27. The van der Waals surface area contributed by atoms with Gasteiger partial charge in [0.2, 0.25) is 0 Å². The maximum Gasteiger partial charge on any atom is 0.163 e. The molecule has 0 saturated carbocycles. The number of pyridine rings is 1. The van der Waals surface area contributed by atoms with Crippen molar-refractivity contribution in [2.24, 2.45) is 0 Å². The number of ether oxygens (including phenoxy) is 2. The quantitative estimate of drug-likeness (QED) is 0.463. The van der Waals surface area contributed by atoms with Crippen LogP contribution in [0, 0.1) is 0 Å². The van der Waals surface area contributed by atoms with E-state index in [1.54, 1.807) is 0 Å². The van der Waals surface area contributed by atoms with Gasteiger partial charge in [0, 0.05) is 69.6 Å². The first-order valence-corrected chi connectivity index (χ1v) is 12.3. The molecule has 5 rings (SSSR count). The molecule has 0 aromatic carbocycles. The van der Waals surface area contributed by atoms with Gasteiger partial charge in [0.25, 0.3) is 0 Å². The summed E-state index contributed by atoms with van der Waals surface area (Å²) in [4.78, 5) is 19.2. The van der Waals surface area contributed by atoms with Gasteiger partial charge in [0.15, 0.2) is 5.82 Å². The van der Waals surface area contributed by atoms with Crippen LogP contribution in [0.3, 0.4) is 0 Å². The molecule has 0 amide bonds. The summed E-state index contributed by atoms with van der Waals surface area (Å²) in [5, 5.41) is 3.56. The van der Waals surface area contributed by atoms with Crippen molar-refractivity contribution in [1.29, 1.82) is 0 Å².